The van der Waals surface area contributed by atoms with Crippen LogP contribution in [0.2, 0.25) is 5.02 Å². The third kappa shape index (κ3) is 6.58. The van der Waals surface area contributed by atoms with E-state index in [0.29, 0.717) is 11.6 Å². The SMILES string of the molecule is CC(C(=O)NC1CCCCC1)N(Cc1cccc(Br)c1)C(=O)Cc1cccc(Cl)c1. The zero-order chi connectivity index (χ0) is 21.5. The van der Waals surface area contributed by atoms with Crippen LogP contribution >= 0.6 is 27.5 Å². The van der Waals surface area contributed by atoms with Crippen LogP contribution in [0.1, 0.15) is 50.2 Å². The molecular weight excluding hydrogens is 464 g/mol. The van der Waals surface area contributed by atoms with Gasteiger partial charge in [0.25, 0.3) is 0 Å². The summed E-state index contributed by atoms with van der Waals surface area (Å²) in [5.41, 5.74) is 1.81. The first-order chi connectivity index (χ1) is 14.4. The van der Waals surface area contributed by atoms with Gasteiger partial charge in [-0.05, 0) is 55.2 Å². The van der Waals surface area contributed by atoms with Crippen molar-refractivity contribution in [2.24, 2.45) is 0 Å². The number of benzene rings is 2. The van der Waals surface area contributed by atoms with Gasteiger partial charge in [0.1, 0.15) is 6.04 Å². The van der Waals surface area contributed by atoms with Gasteiger partial charge < -0.3 is 10.2 Å². The number of halogens is 2. The van der Waals surface area contributed by atoms with Gasteiger partial charge >= 0.3 is 0 Å². The Labute approximate surface area is 192 Å². The van der Waals surface area contributed by atoms with Crippen molar-refractivity contribution in [1.29, 1.82) is 0 Å². The number of nitrogens with one attached hydrogen (secondary N) is 1. The zero-order valence-corrected chi connectivity index (χ0v) is 19.6. The number of hydrogen-bond acceptors (Lipinski definition) is 2. The van der Waals surface area contributed by atoms with Crippen molar-refractivity contribution in [1.82, 2.24) is 10.2 Å². The summed E-state index contributed by atoms with van der Waals surface area (Å²) in [7, 11) is 0. The molecule has 2 aromatic carbocycles. The molecule has 1 fully saturated rings. The lowest BCUT2D eigenvalue weighted by Crippen LogP contribution is -2.50. The molecule has 0 bridgehead atoms. The van der Waals surface area contributed by atoms with Crippen LogP contribution < -0.4 is 5.32 Å². The summed E-state index contributed by atoms with van der Waals surface area (Å²) in [6.07, 6.45) is 5.76. The first kappa shape index (κ1) is 22.8. The van der Waals surface area contributed by atoms with Crippen LogP contribution in [0.4, 0.5) is 0 Å². The molecule has 6 heteroatoms. The van der Waals surface area contributed by atoms with E-state index in [0.717, 1.165) is 41.3 Å². The molecule has 0 spiro atoms. The van der Waals surface area contributed by atoms with Crippen LogP contribution in [0, 0.1) is 0 Å². The van der Waals surface area contributed by atoms with Gasteiger partial charge in [-0.3, -0.25) is 9.59 Å². The van der Waals surface area contributed by atoms with E-state index in [1.165, 1.54) is 6.42 Å². The largest absolute Gasteiger partial charge is 0.352 e. The van der Waals surface area contributed by atoms with E-state index in [1.54, 1.807) is 17.0 Å². The van der Waals surface area contributed by atoms with E-state index in [9.17, 15) is 9.59 Å². The van der Waals surface area contributed by atoms with Gasteiger partial charge in [0, 0.05) is 22.1 Å². The molecule has 30 heavy (non-hydrogen) atoms. The Balaban J connectivity index is 1.76. The van der Waals surface area contributed by atoms with Crippen molar-refractivity contribution < 1.29 is 9.59 Å². The summed E-state index contributed by atoms with van der Waals surface area (Å²) < 4.78 is 0.946. The third-order valence-corrected chi connectivity index (χ3v) is 6.33. The van der Waals surface area contributed by atoms with Gasteiger partial charge in [0.05, 0.1) is 6.42 Å². The highest BCUT2D eigenvalue weighted by atomic mass is 79.9. The summed E-state index contributed by atoms with van der Waals surface area (Å²) in [5.74, 6) is -0.181. The molecule has 2 aromatic rings. The normalized spacial score (nSPS) is 15.4. The third-order valence-electron chi connectivity index (χ3n) is 5.61. The van der Waals surface area contributed by atoms with Gasteiger partial charge in [0.15, 0.2) is 0 Å². The Morgan fingerprint density at radius 3 is 2.50 bits per heavy atom. The second kappa shape index (κ2) is 11.0. The second-order valence-corrected chi connectivity index (χ2v) is 9.33. The maximum absolute atomic E-state index is 13.2. The van der Waals surface area contributed by atoms with E-state index < -0.39 is 6.04 Å². The fraction of sp³-hybridized carbons (Fsp3) is 0.417. The monoisotopic (exact) mass is 490 g/mol. The first-order valence-electron chi connectivity index (χ1n) is 10.5. The van der Waals surface area contributed by atoms with Gasteiger partial charge in [-0.25, -0.2) is 0 Å². The van der Waals surface area contributed by atoms with Crippen molar-refractivity contribution in [3.63, 3.8) is 0 Å². The molecule has 0 heterocycles. The summed E-state index contributed by atoms with van der Waals surface area (Å²) in [4.78, 5) is 27.9. The quantitative estimate of drug-likeness (QED) is 0.555. The number of rotatable bonds is 7. The predicted octanol–water partition coefficient (Wildman–Crippen LogP) is 5.51. The molecule has 0 aliphatic heterocycles. The molecule has 1 saturated carbocycles. The summed E-state index contributed by atoms with van der Waals surface area (Å²) in [6.45, 7) is 2.18. The smallest absolute Gasteiger partial charge is 0.242 e. The van der Waals surface area contributed by atoms with E-state index in [-0.39, 0.29) is 24.3 Å². The molecule has 1 unspecified atom stereocenters. The minimum Gasteiger partial charge on any atom is -0.352 e. The Morgan fingerprint density at radius 2 is 1.80 bits per heavy atom. The van der Waals surface area contributed by atoms with Crippen LogP contribution in [0.5, 0.6) is 0 Å². The van der Waals surface area contributed by atoms with E-state index in [1.807, 2.05) is 43.3 Å². The molecule has 160 valence electrons. The maximum atomic E-state index is 13.2. The molecule has 1 atom stereocenters. The van der Waals surface area contributed by atoms with Gasteiger partial charge in [0.2, 0.25) is 11.8 Å². The fourth-order valence-electron chi connectivity index (χ4n) is 3.91. The summed E-state index contributed by atoms with van der Waals surface area (Å²) >= 11 is 9.57. The highest BCUT2D eigenvalue weighted by Gasteiger charge is 2.28. The van der Waals surface area contributed by atoms with Crippen molar-refractivity contribution in [2.45, 2.75) is 64.1 Å². The minimum atomic E-state index is -0.558. The number of carbonyl (C=O) groups is 2. The van der Waals surface area contributed by atoms with Gasteiger partial charge in [-0.1, -0.05) is 71.1 Å². The molecule has 3 rings (SSSR count). The first-order valence-corrected chi connectivity index (χ1v) is 11.7. The van der Waals surface area contributed by atoms with Crippen molar-refractivity contribution in [3.05, 3.63) is 69.2 Å². The topological polar surface area (TPSA) is 49.4 Å². The zero-order valence-electron chi connectivity index (χ0n) is 17.2. The highest BCUT2D eigenvalue weighted by molar-refractivity contribution is 9.10. The van der Waals surface area contributed by atoms with E-state index in [4.69, 9.17) is 11.6 Å². The average Bonchev–Trinajstić information content (AvgIpc) is 2.72. The van der Waals surface area contributed by atoms with Gasteiger partial charge in [-0.2, -0.15) is 0 Å². The van der Waals surface area contributed by atoms with Gasteiger partial charge in [-0.15, -0.1) is 0 Å². The molecule has 0 saturated heterocycles. The highest BCUT2D eigenvalue weighted by Crippen LogP contribution is 2.20. The Kier molecular flexibility index (Phi) is 8.34. The molecular formula is C24H28BrClN2O2. The lowest BCUT2D eigenvalue weighted by Gasteiger charge is -2.31. The minimum absolute atomic E-state index is 0.0867. The van der Waals surface area contributed by atoms with Crippen LogP contribution in [-0.4, -0.2) is 28.8 Å². The molecule has 4 nitrogen and oxygen atoms in total. The fourth-order valence-corrected chi connectivity index (χ4v) is 4.57. The molecule has 1 N–H and O–H groups in total. The van der Waals surface area contributed by atoms with E-state index >= 15 is 0 Å². The molecule has 2 amide bonds. The Morgan fingerprint density at radius 1 is 1.10 bits per heavy atom. The molecule has 1 aliphatic rings. The second-order valence-electron chi connectivity index (χ2n) is 7.98. The molecule has 0 radical (unpaired) electrons. The standard InChI is InChI=1S/C24H28BrClN2O2/c1-17(24(30)27-22-11-3-2-4-12-22)28(16-19-8-5-9-20(25)13-19)23(29)15-18-7-6-10-21(26)14-18/h5-10,13-14,17,22H,2-4,11-12,15-16H2,1H3,(H,27,30). The lowest BCUT2D eigenvalue weighted by atomic mass is 9.95. The number of amides is 2. The Bertz CT molecular complexity index is 883. The summed E-state index contributed by atoms with van der Waals surface area (Å²) in [6, 6.07) is 14.8. The summed E-state index contributed by atoms with van der Waals surface area (Å²) in [5, 5.41) is 3.76. The predicted molar refractivity (Wildman–Crippen MR) is 124 cm³/mol. The molecule has 0 aromatic heterocycles. The van der Waals surface area contributed by atoms with Crippen LogP contribution in [0.25, 0.3) is 0 Å². The van der Waals surface area contributed by atoms with Crippen molar-refractivity contribution in [2.75, 3.05) is 0 Å². The number of carbonyl (C=O) groups excluding carboxylic acids is 2. The van der Waals surface area contributed by atoms with E-state index in [2.05, 4.69) is 21.2 Å². The van der Waals surface area contributed by atoms with Crippen LogP contribution in [0.3, 0.4) is 0 Å². The van der Waals surface area contributed by atoms with Crippen LogP contribution in [0.15, 0.2) is 53.0 Å². The maximum Gasteiger partial charge on any atom is 0.242 e. The number of hydrogen-bond donors (Lipinski definition) is 1. The Hall–Kier alpha value is -1.85. The van der Waals surface area contributed by atoms with Crippen molar-refractivity contribution in [3.8, 4) is 0 Å². The lowest BCUT2D eigenvalue weighted by molar-refractivity contribution is -0.140. The number of nitrogens with zero attached hydrogens (tertiary/aromatic N) is 1. The average molecular weight is 492 g/mol. The van der Waals surface area contributed by atoms with Crippen LogP contribution in [-0.2, 0) is 22.6 Å². The van der Waals surface area contributed by atoms with Crippen molar-refractivity contribution >= 4 is 39.3 Å². The molecule has 1 aliphatic carbocycles.